The maximum absolute atomic E-state index is 11.8. The highest BCUT2D eigenvalue weighted by Gasteiger charge is 2.14. The van der Waals surface area contributed by atoms with Gasteiger partial charge in [0.25, 0.3) is 0 Å². The number of nitrogens with one attached hydrogen (secondary N) is 2. The van der Waals surface area contributed by atoms with Crippen LogP contribution in [-0.4, -0.2) is 18.4 Å². The number of amides is 2. The van der Waals surface area contributed by atoms with Crippen LogP contribution in [0.4, 0.5) is 11.4 Å². The fraction of sp³-hybridized carbons (Fsp3) is 0.125. The lowest BCUT2D eigenvalue weighted by atomic mass is 10.1. The molecule has 2 rings (SSSR count). The van der Waals surface area contributed by atoms with Gasteiger partial charge in [-0.25, -0.2) is 0 Å². The molecule has 4 N–H and O–H groups in total. The molecule has 2 amide bonds. The molecule has 0 aromatic heterocycles. The Bertz CT molecular complexity index is 674. The van der Waals surface area contributed by atoms with Crippen molar-refractivity contribution in [3.63, 3.8) is 0 Å². The molecule has 114 valence electrons. The third-order valence-corrected chi connectivity index (χ3v) is 3.30. The number of rotatable bonds is 4. The van der Waals surface area contributed by atoms with Crippen molar-refractivity contribution >= 4 is 34.8 Å². The molecule has 0 saturated heterocycles. The molecule has 0 radical (unpaired) electrons. The molecule has 0 unspecified atom stereocenters. The van der Waals surface area contributed by atoms with E-state index in [-0.39, 0.29) is 5.02 Å². The maximum Gasteiger partial charge on any atom is 0.313 e. The number of nitrogen functional groups attached to an aromatic ring is 1. The maximum atomic E-state index is 11.8. The van der Waals surface area contributed by atoms with E-state index < -0.39 is 11.8 Å². The Hall–Kier alpha value is -2.53. The first-order valence-electron chi connectivity index (χ1n) is 6.74. The standard InChI is InChI=1S/C16H16ClN3O2/c17-13-10-12(18)6-7-14(13)20-16(22)15(21)19-9-8-11-4-2-1-3-5-11/h1-7,10H,8-9,18H2,(H,19,21)(H,20,22). The minimum absolute atomic E-state index is 0.283. The van der Waals surface area contributed by atoms with Crippen molar-refractivity contribution in [1.29, 1.82) is 0 Å². The quantitative estimate of drug-likeness (QED) is 0.597. The molecule has 0 aliphatic rings. The van der Waals surface area contributed by atoms with Gasteiger partial charge < -0.3 is 16.4 Å². The Kier molecular flexibility index (Phi) is 5.38. The molecule has 0 atom stereocenters. The molecule has 0 heterocycles. The number of carbonyl (C=O) groups excluding carboxylic acids is 2. The molecule has 0 saturated carbocycles. The number of benzene rings is 2. The van der Waals surface area contributed by atoms with Gasteiger partial charge in [0, 0.05) is 12.2 Å². The Balaban J connectivity index is 1.83. The van der Waals surface area contributed by atoms with Crippen LogP contribution in [0.15, 0.2) is 48.5 Å². The van der Waals surface area contributed by atoms with Crippen molar-refractivity contribution in [2.75, 3.05) is 17.6 Å². The van der Waals surface area contributed by atoms with E-state index in [0.717, 1.165) is 5.56 Å². The summed E-state index contributed by atoms with van der Waals surface area (Å²) in [6, 6.07) is 14.3. The van der Waals surface area contributed by atoms with Crippen LogP contribution in [0.2, 0.25) is 5.02 Å². The highest BCUT2D eigenvalue weighted by atomic mass is 35.5. The largest absolute Gasteiger partial charge is 0.399 e. The third-order valence-electron chi connectivity index (χ3n) is 2.99. The van der Waals surface area contributed by atoms with Gasteiger partial charge in [0.05, 0.1) is 10.7 Å². The highest BCUT2D eigenvalue weighted by molar-refractivity contribution is 6.41. The second-order valence-corrected chi connectivity index (χ2v) is 5.09. The van der Waals surface area contributed by atoms with Crippen LogP contribution in [0, 0.1) is 0 Å². The van der Waals surface area contributed by atoms with Crippen LogP contribution in [-0.2, 0) is 16.0 Å². The number of hydrogen-bond donors (Lipinski definition) is 3. The lowest BCUT2D eigenvalue weighted by Crippen LogP contribution is -2.36. The summed E-state index contributed by atoms with van der Waals surface area (Å²) in [5.41, 5.74) is 7.48. The van der Waals surface area contributed by atoms with Crippen molar-refractivity contribution in [3.05, 3.63) is 59.1 Å². The fourth-order valence-electron chi connectivity index (χ4n) is 1.86. The summed E-state index contributed by atoms with van der Waals surface area (Å²) in [6.07, 6.45) is 0.655. The summed E-state index contributed by atoms with van der Waals surface area (Å²) in [7, 11) is 0. The molecule has 0 bridgehead atoms. The Labute approximate surface area is 133 Å². The van der Waals surface area contributed by atoms with Gasteiger partial charge in [-0.3, -0.25) is 9.59 Å². The number of hydrogen-bond acceptors (Lipinski definition) is 3. The Morgan fingerprint density at radius 1 is 1.05 bits per heavy atom. The van der Waals surface area contributed by atoms with Gasteiger partial charge in [-0.1, -0.05) is 41.9 Å². The van der Waals surface area contributed by atoms with Crippen LogP contribution in [0.25, 0.3) is 0 Å². The minimum atomic E-state index is -0.764. The van der Waals surface area contributed by atoms with Crippen molar-refractivity contribution in [3.8, 4) is 0 Å². The predicted octanol–water partition coefficient (Wildman–Crippen LogP) is 2.22. The summed E-state index contributed by atoms with van der Waals surface area (Å²) in [5.74, 6) is -1.47. The van der Waals surface area contributed by atoms with E-state index in [1.54, 1.807) is 12.1 Å². The average Bonchev–Trinajstić information content (AvgIpc) is 2.51. The molecular formula is C16H16ClN3O2. The second-order valence-electron chi connectivity index (χ2n) is 4.68. The zero-order valence-corrected chi connectivity index (χ0v) is 12.6. The molecule has 0 aliphatic carbocycles. The van der Waals surface area contributed by atoms with E-state index in [1.807, 2.05) is 30.3 Å². The molecule has 0 spiro atoms. The number of nitrogens with two attached hydrogens (primary N) is 1. The van der Waals surface area contributed by atoms with Gasteiger partial charge in [0.1, 0.15) is 0 Å². The Morgan fingerprint density at radius 3 is 2.45 bits per heavy atom. The smallest absolute Gasteiger partial charge is 0.313 e. The topological polar surface area (TPSA) is 84.2 Å². The van der Waals surface area contributed by atoms with Gasteiger partial charge in [0.2, 0.25) is 0 Å². The fourth-order valence-corrected chi connectivity index (χ4v) is 2.09. The predicted molar refractivity (Wildman–Crippen MR) is 87.6 cm³/mol. The SMILES string of the molecule is Nc1ccc(NC(=O)C(=O)NCCc2ccccc2)c(Cl)c1. The van der Waals surface area contributed by atoms with E-state index in [0.29, 0.717) is 24.3 Å². The molecule has 0 fully saturated rings. The normalized spacial score (nSPS) is 10.0. The first-order valence-corrected chi connectivity index (χ1v) is 7.12. The zero-order valence-electron chi connectivity index (χ0n) is 11.8. The average molecular weight is 318 g/mol. The first-order chi connectivity index (χ1) is 10.6. The third kappa shape index (κ3) is 4.49. The van der Waals surface area contributed by atoms with Gasteiger partial charge in [0.15, 0.2) is 0 Å². The summed E-state index contributed by atoms with van der Waals surface area (Å²) < 4.78 is 0. The first kappa shape index (κ1) is 15.9. The van der Waals surface area contributed by atoms with Gasteiger partial charge >= 0.3 is 11.8 Å². The highest BCUT2D eigenvalue weighted by Crippen LogP contribution is 2.23. The number of anilines is 2. The van der Waals surface area contributed by atoms with E-state index >= 15 is 0 Å². The van der Waals surface area contributed by atoms with Gasteiger partial charge in [-0.05, 0) is 30.2 Å². The molecule has 22 heavy (non-hydrogen) atoms. The van der Waals surface area contributed by atoms with Crippen molar-refractivity contribution < 1.29 is 9.59 Å². The molecule has 2 aromatic carbocycles. The van der Waals surface area contributed by atoms with Gasteiger partial charge in [-0.15, -0.1) is 0 Å². The number of halogens is 1. The lowest BCUT2D eigenvalue weighted by Gasteiger charge is -2.08. The van der Waals surface area contributed by atoms with Crippen LogP contribution in [0.5, 0.6) is 0 Å². The molecule has 2 aromatic rings. The molecule has 5 nitrogen and oxygen atoms in total. The van der Waals surface area contributed by atoms with Crippen LogP contribution < -0.4 is 16.4 Å². The van der Waals surface area contributed by atoms with Crippen LogP contribution in [0.1, 0.15) is 5.56 Å². The second kappa shape index (κ2) is 7.47. The van der Waals surface area contributed by atoms with Crippen molar-refractivity contribution in [1.82, 2.24) is 5.32 Å². The summed E-state index contributed by atoms with van der Waals surface area (Å²) in [4.78, 5) is 23.5. The van der Waals surface area contributed by atoms with E-state index in [2.05, 4.69) is 10.6 Å². The van der Waals surface area contributed by atoms with E-state index in [9.17, 15) is 9.59 Å². The zero-order chi connectivity index (χ0) is 15.9. The van der Waals surface area contributed by atoms with Crippen molar-refractivity contribution in [2.24, 2.45) is 0 Å². The lowest BCUT2D eigenvalue weighted by molar-refractivity contribution is -0.136. The van der Waals surface area contributed by atoms with Crippen LogP contribution in [0.3, 0.4) is 0 Å². The summed E-state index contributed by atoms with van der Waals surface area (Å²) in [6.45, 7) is 0.381. The van der Waals surface area contributed by atoms with Crippen molar-refractivity contribution in [2.45, 2.75) is 6.42 Å². The monoisotopic (exact) mass is 317 g/mol. The molecular weight excluding hydrogens is 302 g/mol. The van der Waals surface area contributed by atoms with Crippen LogP contribution >= 0.6 is 11.6 Å². The minimum Gasteiger partial charge on any atom is -0.399 e. The number of carbonyl (C=O) groups is 2. The summed E-state index contributed by atoms with van der Waals surface area (Å²) in [5, 5.41) is 5.29. The Morgan fingerprint density at radius 2 is 1.77 bits per heavy atom. The molecule has 0 aliphatic heterocycles. The van der Waals surface area contributed by atoms with Gasteiger partial charge in [-0.2, -0.15) is 0 Å². The summed E-state index contributed by atoms with van der Waals surface area (Å²) >= 11 is 5.94. The van der Waals surface area contributed by atoms with E-state index in [1.165, 1.54) is 6.07 Å². The van der Waals surface area contributed by atoms with E-state index in [4.69, 9.17) is 17.3 Å². The molecule has 6 heteroatoms.